The third kappa shape index (κ3) is 4.64. The summed E-state index contributed by atoms with van der Waals surface area (Å²) < 4.78 is 6.69. The number of hydrogen-bond donors (Lipinski definition) is 1. The molecule has 0 spiro atoms. The number of aromatic nitrogens is 3. The van der Waals surface area contributed by atoms with Crippen molar-refractivity contribution in [3.63, 3.8) is 0 Å². The van der Waals surface area contributed by atoms with Crippen molar-refractivity contribution in [2.45, 2.75) is 11.7 Å². The first-order valence-corrected chi connectivity index (χ1v) is 10.7. The van der Waals surface area contributed by atoms with E-state index in [0.717, 1.165) is 27.6 Å². The maximum atomic E-state index is 12.6. The highest BCUT2D eigenvalue weighted by Gasteiger charge is 2.16. The molecule has 2 N–H and O–H groups in total. The summed E-state index contributed by atoms with van der Waals surface area (Å²) in [6, 6.07) is 21.7. The Labute approximate surface area is 184 Å². The zero-order chi connectivity index (χ0) is 21.8. The van der Waals surface area contributed by atoms with E-state index in [1.165, 1.54) is 16.4 Å². The van der Waals surface area contributed by atoms with Crippen molar-refractivity contribution in [1.82, 2.24) is 19.8 Å². The first-order chi connectivity index (χ1) is 15.0. The van der Waals surface area contributed by atoms with Gasteiger partial charge in [0.15, 0.2) is 5.82 Å². The van der Waals surface area contributed by atoms with Gasteiger partial charge in [-0.3, -0.25) is 4.79 Å². The van der Waals surface area contributed by atoms with Crippen LogP contribution in [0.15, 0.2) is 71.9 Å². The second-order valence-corrected chi connectivity index (χ2v) is 8.07. The summed E-state index contributed by atoms with van der Waals surface area (Å²) in [4.78, 5) is 14.3. The maximum Gasteiger partial charge on any atom is 0.233 e. The van der Waals surface area contributed by atoms with Crippen LogP contribution in [0.25, 0.3) is 22.2 Å². The van der Waals surface area contributed by atoms with Crippen LogP contribution in [0.5, 0.6) is 5.75 Å². The summed E-state index contributed by atoms with van der Waals surface area (Å²) in [6.07, 6.45) is 0. The molecule has 8 heteroatoms. The van der Waals surface area contributed by atoms with Gasteiger partial charge in [0.25, 0.3) is 0 Å². The monoisotopic (exact) mass is 433 g/mol. The van der Waals surface area contributed by atoms with Crippen LogP contribution in [0.1, 0.15) is 5.56 Å². The normalized spacial score (nSPS) is 10.9. The van der Waals surface area contributed by atoms with Gasteiger partial charge in [0.2, 0.25) is 11.1 Å². The van der Waals surface area contributed by atoms with Crippen LogP contribution in [-0.2, 0) is 11.3 Å². The van der Waals surface area contributed by atoms with Crippen LogP contribution in [0, 0.1) is 0 Å². The molecule has 1 aromatic heterocycles. The van der Waals surface area contributed by atoms with E-state index in [-0.39, 0.29) is 11.7 Å². The molecule has 158 valence electrons. The predicted molar refractivity (Wildman–Crippen MR) is 123 cm³/mol. The molecule has 7 nitrogen and oxygen atoms in total. The summed E-state index contributed by atoms with van der Waals surface area (Å²) in [5, 5.41) is 11.0. The van der Waals surface area contributed by atoms with E-state index < -0.39 is 0 Å². The van der Waals surface area contributed by atoms with Crippen molar-refractivity contribution in [1.29, 1.82) is 0 Å². The number of carbonyl (C=O) groups is 1. The summed E-state index contributed by atoms with van der Waals surface area (Å²) in [5.74, 6) is 7.74. The number of fused-ring (bicyclic) bond motifs is 1. The molecule has 0 saturated heterocycles. The molecule has 0 radical (unpaired) electrons. The van der Waals surface area contributed by atoms with Crippen LogP contribution in [-0.4, -0.2) is 45.6 Å². The van der Waals surface area contributed by atoms with Crippen molar-refractivity contribution < 1.29 is 9.53 Å². The average Bonchev–Trinajstić information content (AvgIpc) is 3.17. The third-order valence-electron chi connectivity index (χ3n) is 4.98. The van der Waals surface area contributed by atoms with E-state index >= 15 is 0 Å². The van der Waals surface area contributed by atoms with Gasteiger partial charge >= 0.3 is 0 Å². The Bertz CT molecular complexity index is 1210. The number of carbonyl (C=O) groups excluding carboxylic acids is 1. The van der Waals surface area contributed by atoms with Crippen LogP contribution in [0.2, 0.25) is 0 Å². The lowest BCUT2D eigenvalue weighted by Crippen LogP contribution is -2.28. The number of nitrogens with zero attached hydrogens (tertiary/aromatic N) is 4. The Hall–Kier alpha value is -3.52. The minimum atomic E-state index is -0.0101. The molecule has 3 aromatic carbocycles. The Balaban J connectivity index is 1.38. The largest absolute Gasteiger partial charge is 0.497 e. The fourth-order valence-electron chi connectivity index (χ4n) is 3.26. The minimum absolute atomic E-state index is 0.0101. The second-order valence-electron chi connectivity index (χ2n) is 7.13. The first kappa shape index (κ1) is 20.7. The molecule has 31 heavy (non-hydrogen) atoms. The summed E-state index contributed by atoms with van der Waals surface area (Å²) in [6.45, 7) is 0.520. The highest BCUT2D eigenvalue weighted by Crippen LogP contribution is 2.24. The number of rotatable bonds is 7. The number of benzene rings is 3. The topological polar surface area (TPSA) is 86.3 Å². The number of methoxy groups -OCH3 is 1. The number of hydrogen-bond acceptors (Lipinski definition) is 6. The highest BCUT2D eigenvalue weighted by molar-refractivity contribution is 7.99. The molecule has 0 fully saturated rings. The SMILES string of the molecule is COc1ccc2cc(CN(C)C(=O)CSc3nnc(-c4ccccc4)n3N)ccc2c1. The van der Waals surface area contributed by atoms with Crippen molar-refractivity contribution in [3.8, 4) is 17.1 Å². The molecular formula is C23H23N5O2S. The quantitative estimate of drug-likeness (QED) is 0.354. The number of nitrogens with two attached hydrogens (primary N) is 1. The Morgan fingerprint density at radius 2 is 1.81 bits per heavy atom. The Kier molecular flexibility index (Phi) is 6.08. The molecule has 0 atom stereocenters. The Morgan fingerprint density at radius 3 is 2.58 bits per heavy atom. The van der Waals surface area contributed by atoms with E-state index in [0.29, 0.717) is 17.5 Å². The lowest BCUT2D eigenvalue weighted by Gasteiger charge is -2.17. The fraction of sp³-hybridized carbons (Fsp3) is 0.174. The molecule has 4 aromatic rings. The smallest absolute Gasteiger partial charge is 0.233 e. The van der Waals surface area contributed by atoms with Crippen molar-refractivity contribution in [2.75, 3.05) is 25.8 Å². The lowest BCUT2D eigenvalue weighted by molar-refractivity contribution is -0.127. The average molecular weight is 434 g/mol. The van der Waals surface area contributed by atoms with Gasteiger partial charge in [-0.2, -0.15) is 0 Å². The van der Waals surface area contributed by atoms with Crippen molar-refractivity contribution in [3.05, 3.63) is 72.3 Å². The molecule has 0 unspecified atom stereocenters. The van der Waals surface area contributed by atoms with Gasteiger partial charge in [-0.15, -0.1) is 10.2 Å². The fourth-order valence-corrected chi connectivity index (χ4v) is 4.05. The van der Waals surface area contributed by atoms with Gasteiger partial charge in [-0.1, -0.05) is 60.3 Å². The van der Waals surface area contributed by atoms with Gasteiger partial charge in [0.1, 0.15) is 5.75 Å². The van der Waals surface area contributed by atoms with Gasteiger partial charge in [-0.05, 0) is 34.5 Å². The molecular weight excluding hydrogens is 410 g/mol. The lowest BCUT2D eigenvalue weighted by atomic mass is 10.1. The Morgan fingerprint density at radius 1 is 1.06 bits per heavy atom. The van der Waals surface area contributed by atoms with Gasteiger partial charge in [0, 0.05) is 19.2 Å². The molecule has 1 heterocycles. The highest BCUT2D eigenvalue weighted by atomic mass is 32.2. The summed E-state index contributed by atoms with van der Waals surface area (Å²) >= 11 is 1.28. The van der Waals surface area contributed by atoms with Crippen molar-refractivity contribution >= 4 is 28.4 Å². The van der Waals surface area contributed by atoms with Gasteiger partial charge in [-0.25, -0.2) is 4.68 Å². The molecule has 0 aliphatic carbocycles. The molecule has 0 aliphatic heterocycles. The zero-order valence-corrected chi connectivity index (χ0v) is 18.2. The first-order valence-electron chi connectivity index (χ1n) is 9.74. The van der Waals surface area contributed by atoms with Crippen LogP contribution in [0.4, 0.5) is 0 Å². The number of thioether (sulfide) groups is 1. The minimum Gasteiger partial charge on any atom is -0.497 e. The van der Waals surface area contributed by atoms with E-state index in [1.807, 2.05) is 60.7 Å². The molecule has 1 amide bonds. The summed E-state index contributed by atoms with van der Waals surface area (Å²) in [7, 11) is 3.45. The molecule has 0 saturated carbocycles. The standard InChI is InChI=1S/C23H23N5O2S/c1-27(14-16-8-9-19-13-20(30-2)11-10-18(19)12-16)21(29)15-31-23-26-25-22(28(23)24)17-6-4-3-5-7-17/h3-13H,14-15,24H2,1-2H3. The maximum absolute atomic E-state index is 12.6. The second kappa shape index (κ2) is 9.09. The predicted octanol–water partition coefficient (Wildman–Crippen LogP) is 3.57. The van der Waals surface area contributed by atoms with Crippen molar-refractivity contribution in [2.24, 2.45) is 0 Å². The number of nitrogen functional groups attached to an aromatic ring is 1. The summed E-state index contributed by atoms with van der Waals surface area (Å²) in [5.41, 5.74) is 1.94. The molecule has 0 bridgehead atoms. The zero-order valence-electron chi connectivity index (χ0n) is 17.4. The number of ether oxygens (including phenoxy) is 1. The van der Waals surface area contributed by atoms with Crippen LogP contribution < -0.4 is 10.6 Å². The van der Waals surface area contributed by atoms with E-state index in [9.17, 15) is 4.79 Å². The van der Waals surface area contributed by atoms with Crippen LogP contribution in [0.3, 0.4) is 0 Å². The van der Waals surface area contributed by atoms with Crippen LogP contribution >= 0.6 is 11.8 Å². The van der Waals surface area contributed by atoms with E-state index in [2.05, 4.69) is 16.3 Å². The van der Waals surface area contributed by atoms with E-state index in [1.54, 1.807) is 19.1 Å². The van der Waals surface area contributed by atoms with Gasteiger partial charge < -0.3 is 15.5 Å². The van der Waals surface area contributed by atoms with E-state index in [4.69, 9.17) is 10.6 Å². The molecule has 0 aliphatic rings. The van der Waals surface area contributed by atoms with Gasteiger partial charge in [0.05, 0.1) is 12.9 Å². The number of amides is 1. The molecule has 4 rings (SSSR count). The third-order valence-corrected chi connectivity index (χ3v) is 5.91.